The smallest absolute Gasteiger partial charge is 0.0351 e. The van der Waals surface area contributed by atoms with E-state index in [9.17, 15) is 0 Å². The fourth-order valence-electron chi connectivity index (χ4n) is 5.27. The van der Waals surface area contributed by atoms with Crippen LogP contribution in [0.2, 0.25) is 0 Å². The predicted molar refractivity (Wildman–Crippen MR) is 168 cm³/mol. The van der Waals surface area contributed by atoms with Crippen LogP contribution in [0.4, 0.5) is 0 Å². The van der Waals surface area contributed by atoms with E-state index in [1.165, 1.54) is 180 Å². The minimum absolute atomic E-state index is 0.944. The van der Waals surface area contributed by atoms with Gasteiger partial charge in [0.25, 0.3) is 0 Å². The summed E-state index contributed by atoms with van der Waals surface area (Å²) in [5.41, 5.74) is 0. The third-order valence-electron chi connectivity index (χ3n) is 7.92. The molecule has 0 fully saturated rings. The van der Waals surface area contributed by atoms with Crippen LogP contribution in [0.1, 0.15) is 201 Å². The lowest BCUT2D eigenvalue weighted by atomic mass is 9.96. The van der Waals surface area contributed by atoms with Crippen molar-refractivity contribution in [1.29, 1.82) is 0 Å². The number of hydrogen-bond donors (Lipinski definition) is 0. The molecule has 0 aromatic rings. The number of rotatable bonds is 30. The molecule has 0 aliphatic heterocycles. The molecule has 0 radical (unpaired) electrons. The zero-order valence-electron chi connectivity index (χ0n) is 25.7. The van der Waals surface area contributed by atoms with Gasteiger partial charge in [-0.1, -0.05) is 173 Å². The van der Waals surface area contributed by atoms with Gasteiger partial charge in [-0.15, -0.1) is 0 Å². The normalized spacial score (nSPS) is 12.9. The topological polar surface area (TPSA) is 0 Å². The van der Waals surface area contributed by atoms with E-state index in [1.54, 1.807) is 0 Å². The highest BCUT2D eigenvalue weighted by molar-refractivity contribution is 4.82. The van der Waals surface area contributed by atoms with Crippen LogP contribution in [0.15, 0.2) is 24.3 Å². The second-order valence-electron chi connectivity index (χ2n) is 11.9. The van der Waals surface area contributed by atoms with Crippen LogP contribution in [0.3, 0.4) is 0 Å². The molecule has 1 unspecified atom stereocenters. The fraction of sp³-hybridized carbons (Fsp3) is 0.889. The first-order valence-electron chi connectivity index (χ1n) is 17.1. The molecule has 0 rings (SSSR count). The van der Waals surface area contributed by atoms with Crippen molar-refractivity contribution in [2.24, 2.45) is 5.92 Å². The first-order chi connectivity index (χ1) is 17.8. The third-order valence-corrected chi connectivity index (χ3v) is 7.92. The minimum Gasteiger partial charge on any atom is -0.0885 e. The lowest BCUT2D eigenvalue weighted by molar-refractivity contribution is 0.433. The molecule has 0 heteroatoms. The third kappa shape index (κ3) is 31.5. The van der Waals surface area contributed by atoms with Crippen LogP contribution in [0.5, 0.6) is 0 Å². The lowest BCUT2D eigenvalue weighted by Gasteiger charge is -2.11. The van der Waals surface area contributed by atoms with Crippen LogP contribution in [-0.2, 0) is 0 Å². The zero-order valence-corrected chi connectivity index (χ0v) is 25.7. The summed E-state index contributed by atoms with van der Waals surface area (Å²) in [5.74, 6) is 0.944. The second kappa shape index (κ2) is 32.5. The van der Waals surface area contributed by atoms with Gasteiger partial charge in [0.15, 0.2) is 0 Å². The van der Waals surface area contributed by atoms with Crippen LogP contribution in [-0.4, -0.2) is 0 Å². The maximum atomic E-state index is 2.49. The maximum Gasteiger partial charge on any atom is -0.0351 e. The molecular formula is C36H70. The van der Waals surface area contributed by atoms with Crippen molar-refractivity contribution >= 4 is 0 Å². The number of unbranched alkanes of at least 4 members (excludes halogenated alkanes) is 22. The highest BCUT2D eigenvalue weighted by atomic mass is 14.1. The maximum absolute atomic E-state index is 2.49. The van der Waals surface area contributed by atoms with Crippen molar-refractivity contribution < 1.29 is 0 Å². The van der Waals surface area contributed by atoms with Crippen molar-refractivity contribution in [2.45, 2.75) is 201 Å². The Labute approximate surface area is 230 Å². The summed E-state index contributed by atoms with van der Waals surface area (Å²) in [4.78, 5) is 0. The van der Waals surface area contributed by atoms with Crippen molar-refractivity contribution in [3.8, 4) is 0 Å². The van der Waals surface area contributed by atoms with Gasteiger partial charge in [-0.2, -0.15) is 0 Å². The molecule has 0 saturated carbocycles. The molecular weight excluding hydrogens is 432 g/mol. The first kappa shape index (κ1) is 35.5. The molecule has 0 N–H and O–H groups in total. The standard InChI is InChI=1S/C36H70/c1-4-6-8-10-12-14-16-18-20-21-23-25-27-29-31-33-35-36(3)34-32-30-28-26-24-22-19-17-15-13-11-9-7-5-2/h18-20,22,36H,4-17,21,23-35H2,1-3H3. The molecule has 0 aliphatic rings. The summed E-state index contributed by atoms with van der Waals surface area (Å²) in [6.07, 6.45) is 49.3. The summed E-state index contributed by atoms with van der Waals surface area (Å²) >= 11 is 0. The minimum atomic E-state index is 0.944. The molecule has 0 aromatic carbocycles. The summed E-state index contributed by atoms with van der Waals surface area (Å²) in [5, 5.41) is 0. The average molecular weight is 503 g/mol. The van der Waals surface area contributed by atoms with E-state index in [4.69, 9.17) is 0 Å². The van der Waals surface area contributed by atoms with Gasteiger partial charge >= 0.3 is 0 Å². The summed E-state index contributed by atoms with van der Waals surface area (Å²) < 4.78 is 0. The molecule has 0 bridgehead atoms. The van der Waals surface area contributed by atoms with Gasteiger partial charge in [-0.25, -0.2) is 0 Å². The Morgan fingerprint density at radius 1 is 0.333 bits per heavy atom. The Morgan fingerprint density at radius 2 is 0.583 bits per heavy atom. The molecule has 0 heterocycles. The van der Waals surface area contributed by atoms with E-state index in [0.29, 0.717) is 0 Å². The highest BCUT2D eigenvalue weighted by Crippen LogP contribution is 2.19. The Bertz CT molecular complexity index is 431. The fourth-order valence-corrected chi connectivity index (χ4v) is 5.27. The van der Waals surface area contributed by atoms with Gasteiger partial charge in [0, 0.05) is 0 Å². The van der Waals surface area contributed by atoms with Crippen LogP contribution in [0.25, 0.3) is 0 Å². The largest absolute Gasteiger partial charge is 0.0885 e. The van der Waals surface area contributed by atoms with Crippen molar-refractivity contribution in [3.05, 3.63) is 24.3 Å². The molecule has 0 aromatic heterocycles. The lowest BCUT2D eigenvalue weighted by Crippen LogP contribution is -1.95. The Hall–Kier alpha value is -0.520. The predicted octanol–water partition coefficient (Wildman–Crippen LogP) is 13.7. The molecule has 0 spiro atoms. The second-order valence-corrected chi connectivity index (χ2v) is 11.9. The van der Waals surface area contributed by atoms with Gasteiger partial charge in [0.05, 0.1) is 0 Å². The van der Waals surface area contributed by atoms with E-state index in [-0.39, 0.29) is 0 Å². The Morgan fingerprint density at radius 3 is 0.889 bits per heavy atom. The molecule has 0 aliphatic carbocycles. The Balaban J connectivity index is 3.23. The number of hydrogen-bond acceptors (Lipinski definition) is 0. The van der Waals surface area contributed by atoms with Crippen molar-refractivity contribution in [1.82, 2.24) is 0 Å². The summed E-state index contributed by atoms with van der Waals surface area (Å²) in [6.45, 7) is 7.08. The average Bonchev–Trinajstić information content (AvgIpc) is 2.88. The SMILES string of the molecule is CCCCCCCCC=CCCCCCCCCC(C)CCCCCCC=CCCCCCCCC. The van der Waals surface area contributed by atoms with Crippen LogP contribution < -0.4 is 0 Å². The van der Waals surface area contributed by atoms with Gasteiger partial charge in [-0.3, -0.25) is 0 Å². The van der Waals surface area contributed by atoms with Gasteiger partial charge in [-0.05, 0) is 57.3 Å². The molecule has 0 amide bonds. The molecule has 36 heavy (non-hydrogen) atoms. The monoisotopic (exact) mass is 503 g/mol. The Kier molecular flexibility index (Phi) is 32.0. The van der Waals surface area contributed by atoms with E-state index in [0.717, 1.165) is 5.92 Å². The van der Waals surface area contributed by atoms with Gasteiger partial charge in [0.1, 0.15) is 0 Å². The molecule has 214 valence electrons. The zero-order chi connectivity index (χ0) is 26.2. The molecule has 1 atom stereocenters. The highest BCUT2D eigenvalue weighted by Gasteiger charge is 2.02. The van der Waals surface area contributed by atoms with Crippen LogP contribution >= 0.6 is 0 Å². The number of allylic oxidation sites excluding steroid dienone is 4. The van der Waals surface area contributed by atoms with Crippen molar-refractivity contribution in [2.75, 3.05) is 0 Å². The molecule has 0 nitrogen and oxygen atoms in total. The first-order valence-corrected chi connectivity index (χ1v) is 17.1. The summed E-state index contributed by atoms with van der Waals surface area (Å²) in [7, 11) is 0. The van der Waals surface area contributed by atoms with E-state index in [1.807, 2.05) is 0 Å². The van der Waals surface area contributed by atoms with Gasteiger partial charge < -0.3 is 0 Å². The molecule has 0 saturated heterocycles. The summed E-state index contributed by atoms with van der Waals surface area (Å²) in [6, 6.07) is 0. The van der Waals surface area contributed by atoms with E-state index in [2.05, 4.69) is 45.1 Å². The van der Waals surface area contributed by atoms with E-state index < -0.39 is 0 Å². The van der Waals surface area contributed by atoms with E-state index >= 15 is 0 Å². The van der Waals surface area contributed by atoms with Crippen LogP contribution in [0, 0.1) is 5.92 Å². The van der Waals surface area contributed by atoms with Gasteiger partial charge in [0.2, 0.25) is 0 Å². The van der Waals surface area contributed by atoms with Crippen molar-refractivity contribution in [3.63, 3.8) is 0 Å². The quantitative estimate of drug-likeness (QED) is 0.0676.